The number of H-pyrrole nitrogens is 1. The molecule has 7 heteroatoms. The van der Waals surface area contributed by atoms with E-state index in [0.29, 0.717) is 28.6 Å². The molecule has 186 valence electrons. The summed E-state index contributed by atoms with van der Waals surface area (Å²) in [6.07, 6.45) is 7.71. The Balaban J connectivity index is 1.46. The van der Waals surface area contributed by atoms with Crippen molar-refractivity contribution in [1.82, 2.24) is 20.3 Å². The number of anilines is 1. The van der Waals surface area contributed by atoms with Crippen molar-refractivity contribution in [2.45, 2.75) is 52.5 Å². The van der Waals surface area contributed by atoms with E-state index >= 15 is 0 Å². The molecule has 0 aliphatic rings. The lowest BCUT2D eigenvalue weighted by atomic mass is 9.97. The molecule has 0 fully saturated rings. The van der Waals surface area contributed by atoms with Crippen LogP contribution in [0.1, 0.15) is 67.2 Å². The molecule has 1 unspecified atom stereocenters. The summed E-state index contributed by atoms with van der Waals surface area (Å²) >= 11 is 0. The van der Waals surface area contributed by atoms with Crippen LogP contribution in [0.25, 0.3) is 22.4 Å². The van der Waals surface area contributed by atoms with Gasteiger partial charge in [-0.25, -0.2) is 4.98 Å². The van der Waals surface area contributed by atoms with Crippen molar-refractivity contribution in [2.75, 3.05) is 5.32 Å². The molecular formula is C29H33N5O2. The minimum atomic E-state index is -0.192. The number of pyridine rings is 1. The van der Waals surface area contributed by atoms with E-state index in [4.69, 9.17) is 0 Å². The van der Waals surface area contributed by atoms with E-state index in [1.807, 2.05) is 30.3 Å². The zero-order chi connectivity index (χ0) is 25.5. The third kappa shape index (κ3) is 6.16. The quantitative estimate of drug-likeness (QED) is 0.233. The molecule has 2 aromatic carbocycles. The zero-order valence-electron chi connectivity index (χ0n) is 21.0. The second-order valence-electron chi connectivity index (χ2n) is 9.40. The SMILES string of the molecule is CCCCCC(NC(=O)c1ccc2nc(-c3ccc(C(=O)Nc4ccncc4)cc3)[nH]c2c1)C(C)C. The van der Waals surface area contributed by atoms with Crippen molar-refractivity contribution < 1.29 is 9.59 Å². The standard InChI is InChI=1S/C29H33N5O2/c1-4-5-6-7-24(19(2)3)34-29(36)22-12-13-25-26(18-22)33-27(32-25)20-8-10-21(11-9-20)28(35)31-23-14-16-30-17-15-23/h8-19,24H,4-7H2,1-3H3,(H,32,33)(H,34,36)(H,30,31,35). The predicted octanol–water partition coefficient (Wildman–Crippen LogP) is 6.21. The highest BCUT2D eigenvalue weighted by Crippen LogP contribution is 2.23. The van der Waals surface area contributed by atoms with Gasteiger partial charge < -0.3 is 15.6 Å². The van der Waals surface area contributed by atoms with Crippen LogP contribution in [0.3, 0.4) is 0 Å². The monoisotopic (exact) mass is 483 g/mol. The fourth-order valence-electron chi connectivity index (χ4n) is 4.14. The Bertz CT molecular complexity index is 1310. The number of nitrogens with zero attached hydrogens (tertiary/aromatic N) is 2. The lowest BCUT2D eigenvalue weighted by Crippen LogP contribution is -2.38. The van der Waals surface area contributed by atoms with Gasteiger partial charge in [0.2, 0.25) is 0 Å². The maximum absolute atomic E-state index is 13.0. The van der Waals surface area contributed by atoms with Gasteiger partial charge in [0.1, 0.15) is 5.82 Å². The molecule has 2 heterocycles. The van der Waals surface area contributed by atoms with Crippen molar-refractivity contribution >= 4 is 28.5 Å². The average molecular weight is 484 g/mol. The van der Waals surface area contributed by atoms with Crippen molar-refractivity contribution in [2.24, 2.45) is 5.92 Å². The lowest BCUT2D eigenvalue weighted by molar-refractivity contribution is 0.0922. The van der Waals surface area contributed by atoms with E-state index in [2.05, 4.69) is 46.4 Å². The molecule has 1 atom stereocenters. The number of fused-ring (bicyclic) bond motifs is 1. The number of hydrogen-bond acceptors (Lipinski definition) is 4. The molecule has 0 aliphatic carbocycles. The number of aromatic nitrogens is 3. The Morgan fingerprint density at radius 3 is 2.33 bits per heavy atom. The van der Waals surface area contributed by atoms with E-state index in [1.165, 1.54) is 12.8 Å². The number of nitrogens with one attached hydrogen (secondary N) is 3. The molecule has 2 aromatic heterocycles. The van der Waals surface area contributed by atoms with Crippen LogP contribution < -0.4 is 10.6 Å². The number of aromatic amines is 1. The number of amides is 2. The van der Waals surface area contributed by atoms with Crippen molar-refractivity contribution in [1.29, 1.82) is 0 Å². The van der Waals surface area contributed by atoms with E-state index in [-0.39, 0.29) is 17.9 Å². The first kappa shape index (κ1) is 25.1. The van der Waals surface area contributed by atoms with E-state index < -0.39 is 0 Å². The highest BCUT2D eigenvalue weighted by Gasteiger charge is 2.18. The summed E-state index contributed by atoms with van der Waals surface area (Å²) in [5.74, 6) is 0.807. The largest absolute Gasteiger partial charge is 0.349 e. The normalized spacial score (nSPS) is 12.0. The minimum absolute atomic E-state index is 0.0622. The molecule has 7 nitrogen and oxygen atoms in total. The van der Waals surface area contributed by atoms with Gasteiger partial charge in [0.15, 0.2) is 0 Å². The summed E-state index contributed by atoms with van der Waals surface area (Å²) in [6.45, 7) is 6.48. The fourth-order valence-corrected chi connectivity index (χ4v) is 4.14. The molecule has 2 amide bonds. The summed E-state index contributed by atoms with van der Waals surface area (Å²) < 4.78 is 0. The third-order valence-electron chi connectivity index (χ3n) is 6.34. The van der Waals surface area contributed by atoms with Gasteiger partial charge in [0.05, 0.1) is 11.0 Å². The summed E-state index contributed by atoms with van der Waals surface area (Å²) in [4.78, 5) is 37.4. The van der Waals surface area contributed by atoms with Gasteiger partial charge in [0, 0.05) is 40.8 Å². The average Bonchev–Trinajstić information content (AvgIpc) is 3.32. The van der Waals surface area contributed by atoms with E-state index in [9.17, 15) is 9.59 Å². The highest BCUT2D eigenvalue weighted by atomic mass is 16.2. The Morgan fingerprint density at radius 2 is 1.64 bits per heavy atom. The van der Waals surface area contributed by atoms with Crippen LogP contribution in [-0.4, -0.2) is 32.8 Å². The van der Waals surface area contributed by atoms with Crippen LogP contribution in [0.15, 0.2) is 67.0 Å². The topological polar surface area (TPSA) is 99.8 Å². The zero-order valence-corrected chi connectivity index (χ0v) is 21.0. The van der Waals surface area contributed by atoms with Gasteiger partial charge in [-0.1, -0.05) is 52.2 Å². The summed E-state index contributed by atoms with van der Waals surface area (Å²) in [5.41, 5.74) is 4.28. The van der Waals surface area contributed by atoms with Crippen LogP contribution in [0.5, 0.6) is 0 Å². The Hall–Kier alpha value is -4.00. The Morgan fingerprint density at radius 1 is 0.917 bits per heavy atom. The van der Waals surface area contributed by atoms with Gasteiger partial charge in [0.25, 0.3) is 11.8 Å². The van der Waals surface area contributed by atoms with Crippen molar-refractivity contribution in [3.05, 3.63) is 78.1 Å². The van der Waals surface area contributed by atoms with Crippen LogP contribution in [-0.2, 0) is 0 Å². The molecule has 0 saturated carbocycles. The summed E-state index contributed by atoms with van der Waals surface area (Å²) in [6, 6.07) is 16.4. The predicted molar refractivity (Wildman–Crippen MR) is 144 cm³/mol. The maximum Gasteiger partial charge on any atom is 0.255 e. The smallest absolute Gasteiger partial charge is 0.255 e. The maximum atomic E-state index is 13.0. The van der Waals surface area contributed by atoms with Gasteiger partial charge in [-0.2, -0.15) is 0 Å². The Labute approximate surface area is 211 Å². The molecule has 0 saturated heterocycles. The second-order valence-corrected chi connectivity index (χ2v) is 9.40. The van der Waals surface area contributed by atoms with Crippen LogP contribution in [0.4, 0.5) is 5.69 Å². The van der Waals surface area contributed by atoms with Crippen molar-refractivity contribution in [3.8, 4) is 11.4 Å². The Kier molecular flexibility index (Phi) is 8.10. The molecule has 4 aromatic rings. The second kappa shape index (κ2) is 11.6. The molecule has 4 rings (SSSR count). The van der Waals surface area contributed by atoms with E-state index in [0.717, 1.165) is 29.4 Å². The third-order valence-corrected chi connectivity index (χ3v) is 6.34. The molecule has 0 bridgehead atoms. The number of carbonyl (C=O) groups is 2. The van der Waals surface area contributed by atoms with Crippen molar-refractivity contribution in [3.63, 3.8) is 0 Å². The molecule has 0 aliphatic heterocycles. The van der Waals surface area contributed by atoms with Crippen LogP contribution in [0, 0.1) is 5.92 Å². The summed E-state index contributed by atoms with van der Waals surface area (Å²) in [5, 5.41) is 6.06. The minimum Gasteiger partial charge on any atom is -0.349 e. The molecule has 0 radical (unpaired) electrons. The molecule has 36 heavy (non-hydrogen) atoms. The van der Waals surface area contributed by atoms with Gasteiger partial charge in [-0.3, -0.25) is 14.6 Å². The van der Waals surface area contributed by atoms with Crippen LogP contribution >= 0.6 is 0 Å². The first-order valence-electron chi connectivity index (χ1n) is 12.6. The number of unbranched alkanes of at least 4 members (excludes halogenated alkanes) is 2. The van der Waals surface area contributed by atoms with Gasteiger partial charge in [-0.15, -0.1) is 0 Å². The fraction of sp³-hybridized carbons (Fsp3) is 0.310. The molecule has 3 N–H and O–H groups in total. The lowest BCUT2D eigenvalue weighted by Gasteiger charge is -2.22. The first-order valence-corrected chi connectivity index (χ1v) is 12.6. The van der Waals surface area contributed by atoms with Gasteiger partial charge >= 0.3 is 0 Å². The number of rotatable bonds is 10. The number of hydrogen-bond donors (Lipinski definition) is 3. The number of benzene rings is 2. The van der Waals surface area contributed by atoms with E-state index in [1.54, 1.807) is 36.7 Å². The first-order chi connectivity index (χ1) is 17.4. The highest BCUT2D eigenvalue weighted by molar-refractivity contribution is 6.04. The number of imidazole rings is 1. The molecule has 0 spiro atoms. The van der Waals surface area contributed by atoms with Gasteiger partial charge in [-0.05, 0) is 54.8 Å². The summed E-state index contributed by atoms with van der Waals surface area (Å²) in [7, 11) is 0. The number of carbonyl (C=O) groups excluding carboxylic acids is 2. The van der Waals surface area contributed by atoms with Crippen LogP contribution in [0.2, 0.25) is 0 Å². The molecular weight excluding hydrogens is 450 g/mol.